The Kier molecular flexibility index (Phi) is 2.80. The van der Waals surface area contributed by atoms with Crippen LogP contribution in [0.15, 0.2) is 11.0 Å². The van der Waals surface area contributed by atoms with E-state index in [0.717, 1.165) is 6.20 Å². The summed E-state index contributed by atoms with van der Waals surface area (Å²) < 4.78 is 24.8. The molecule has 7 heteroatoms. The number of carbonyl (C=O) groups is 1. The summed E-state index contributed by atoms with van der Waals surface area (Å²) in [5, 5.41) is 8.58. The smallest absolute Gasteiger partial charge is 0.270 e. The minimum atomic E-state index is -3.14. The van der Waals surface area contributed by atoms with Gasteiger partial charge in [-0.1, -0.05) is 0 Å². The summed E-state index contributed by atoms with van der Waals surface area (Å²) in [6.07, 6.45) is -2.29. The highest BCUT2D eigenvalue weighted by Gasteiger charge is 2.22. The van der Waals surface area contributed by atoms with E-state index in [-0.39, 0.29) is 0 Å². The van der Waals surface area contributed by atoms with Crippen molar-refractivity contribution in [3.05, 3.63) is 33.2 Å². The van der Waals surface area contributed by atoms with Crippen LogP contribution < -0.4 is 11.3 Å². The molecule has 0 fully saturated rings. The minimum Gasteiger partial charge on any atom is -0.366 e. The predicted octanol–water partition coefficient (Wildman–Crippen LogP) is 0.283. The van der Waals surface area contributed by atoms with Gasteiger partial charge in [0.15, 0.2) is 0 Å². The molecule has 0 bridgehead atoms. The van der Waals surface area contributed by atoms with Gasteiger partial charge in [0, 0.05) is 6.20 Å². The van der Waals surface area contributed by atoms with Gasteiger partial charge in [0.1, 0.15) is 11.6 Å². The summed E-state index contributed by atoms with van der Waals surface area (Å²) in [6, 6.07) is 1.37. The van der Waals surface area contributed by atoms with Gasteiger partial charge in [-0.15, -0.1) is 0 Å². The molecular weight excluding hydrogens is 208 g/mol. The molecule has 78 valence electrons. The summed E-state index contributed by atoms with van der Waals surface area (Å²) in [6.45, 7) is 0. The van der Waals surface area contributed by atoms with Gasteiger partial charge < -0.3 is 10.7 Å². The first-order valence-corrected chi connectivity index (χ1v) is 3.72. The Labute approximate surface area is 82.1 Å². The van der Waals surface area contributed by atoms with Crippen LogP contribution in [0.3, 0.4) is 0 Å². The van der Waals surface area contributed by atoms with Crippen LogP contribution in [0, 0.1) is 11.3 Å². The van der Waals surface area contributed by atoms with Crippen molar-refractivity contribution in [2.75, 3.05) is 0 Å². The van der Waals surface area contributed by atoms with Gasteiger partial charge in [-0.2, -0.15) is 5.26 Å². The fraction of sp³-hybridized carbons (Fsp3) is 0.125. The summed E-state index contributed by atoms with van der Waals surface area (Å²) in [4.78, 5) is 23.7. The number of alkyl halides is 2. The number of rotatable bonds is 2. The van der Waals surface area contributed by atoms with Crippen LogP contribution in [0.4, 0.5) is 8.78 Å². The van der Waals surface area contributed by atoms with E-state index in [4.69, 9.17) is 11.0 Å². The number of H-pyrrole nitrogens is 1. The number of pyridine rings is 1. The first kappa shape index (κ1) is 10.8. The Balaban J connectivity index is 3.64. The number of carbonyl (C=O) groups excluding carboxylic acids is 1. The van der Waals surface area contributed by atoms with Gasteiger partial charge in [-0.05, 0) is 0 Å². The number of primary amides is 1. The second-order valence-electron chi connectivity index (χ2n) is 2.60. The molecule has 1 heterocycles. The zero-order chi connectivity index (χ0) is 11.6. The quantitative estimate of drug-likeness (QED) is 0.737. The summed E-state index contributed by atoms with van der Waals surface area (Å²) in [5.41, 5.74) is 1.61. The molecule has 1 amide bonds. The Bertz CT molecular complexity index is 502. The van der Waals surface area contributed by atoms with Gasteiger partial charge in [0.25, 0.3) is 17.9 Å². The number of aromatic nitrogens is 1. The van der Waals surface area contributed by atoms with E-state index >= 15 is 0 Å². The highest BCUT2D eigenvalue weighted by molar-refractivity contribution is 5.95. The summed E-state index contributed by atoms with van der Waals surface area (Å²) in [5.74, 6) is -1.05. The van der Waals surface area contributed by atoms with Crippen LogP contribution in [0.25, 0.3) is 0 Å². The molecular formula is C8H5F2N3O2. The zero-order valence-corrected chi connectivity index (χ0v) is 7.25. The fourth-order valence-corrected chi connectivity index (χ4v) is 1.07. The van der Waals surface area contributed by atoms with Crippen LogP contribution >= 0.6 is 0 Å². The van der Waals surface area contributed by atoms with E-state index in [9.17, 15) is 18.4 Å². The number of nitriles is 1. The third kappa shape index (κ3) is 1.83. The highest BCUT2D eigenvalue weighted by Crippen LogP contribution is 2.20. The van der Waals surface area contributed by atoms with Crippen molar-refractivity contribution >= 4 is 5.91 Å². The van der Waals surface area contributed by atoms with Crippen LogP contribution in [0.5, 0.6) is 0 Å². The van der Waals surface area contributed by atoms with Crippen LogP contribution in [-0.4, -0.2) is 10.9 Å². The molecule has 5 nitrogen and oxygen atoms in total. The number of halogens is 2. The lowest BCUT2D eigenvalue weighted by Gasteiger charge is -2.04. The second kappa shape index (κ2) is 3.88. The molecule has 1 aromatic rings. The number of aromatic amines is 1. The third-order valence-corrected chi connectivity index (χ3v) is 1.73. The molecule has 3 N–H and O–H groups in total. The number of nitrogens with one attached hydrogen (secondary N) is 1. The van der Waals surface area contributed by atoms with Crippen molar-refractivity contribution in [1.29, 1.82) is 5.26 Å². The SMILES string of the molecule is N#Cc1c(C(N)=O)c[nH]c(=O)c1C(F)F. The van der Waals surface area contributed by atoms with Gasteiger partial charge in [-0.25, -0.2) is 8.78 Å². The number of nitrogens with two attached hydrogens (primary N) is 1. The molecule has 0 aliphatic heterocycles. The number of hydrogen-bond donors (Lipinski definition) is 2. The fourth-order valence-electron chi connectivity index (χ4n) is 1.07. The van der Waals surface area contributed by atoms with Crippen molar-refractivity contribution in [1.82, 2.24) is 4.98 Å². The molecule has 0 aliphatic carbocycles. The maximum atomic E-state index is 12.4. The normalized spacial score (nSPS) is 10.0. The van der Waals surface area contributed by atoms with Crippen molar-refractivity contribution in [3.8, 4) is 6.07 Å². The largest absolute Gasteiger partial charge is 0.366 e. The lowest BCUT2D eigenvalue weighted by molar-refractivity contribution is 0.0999. The molecule has 0 aliphatic rings. The molecule has 1 aromatic heterocycles. The van der Waals surface area contributed by atoms with Gasteiger partial charge in [0.05, 0.1) is 11.1 Å². The summed E-state index contributed by atoms with van der Waals surface area (Å²) >= 11 is 0. The van der Waals surface area contributed by atoms with E-state index < -0.39 is 34.6 Å². The predicted molar refractivity (Wildman–Crippen MR) is 45.3 cm³/mol. The molecule has 15 heavy (non-hydrogen) atoms. The number of nitrogens with zero attached hydrogens (tertiary/aromatic N) is 1. The third-order valence-electron chi connectivity index (χ3n) is 1.73. The Hall–Kier alpha value is -2.23. The van der Waals surface area contributed by atoms with Crippen LogP contribution in [-0.2, 0) is 0 Å². The summed E-state index contributed by atoms with van der Waals surface area (Å²) in [7, 11) is 0. The topological polar surface area (TPSA) is 99.7 Å². The lowest BCUT2D eigenvalue weighted by Crippen LogP contribution is -2.21. The second-order valence-corrected chi connectivity index (χ2v) is 2.60. The van der Waals surface area contributed by atoms with Crippen LogP contribution in [0.1, 0.15) is 27.9 Å². The van der Waals surface area contributed by atoms with E-state index in [1.54, 1.807) is 0 Å². The Morgan fingerprint density at radius 1 is 1.60 bits per heavy atom. The van der Waals surface area contributed by atoms with E-state index in [0.29, 0.717) is 0 Å². The van der Waals surface area contributed by atoms with Gasteiger partial charge >= 0.3 is 0 Å². The Morgan fingerprint density at radius 2 is 2.20 bits per heavy atom. The maximum absolute atomic E-state index is 12.4. The molecule has 1 rings (SSSR count). The lowest BCUT2D eigenvalue weighted by atomic mass is 10.1. The van der Waals surface area contributed by atoms with E-state index in [2.05, 4.69) is 0 Å². The van der Waals surface area contributed by atoms with Crippen molar-refractivity contribution < 1.29 is 13.6 Å². The maximum Gasteiger partial charge on any atom is 0.270 e. The molecule has 0 saturated heterocycles. The molecule has 0 aromatic carbocycles. The van der Waals surface area contributed by atoms with Crippen molar-refractivity contribution in [2.45, 2.75) is 6.43 Å². The van der Waals surface area contributed by atoms with Crippen molar-refractivity contribution in [2.24, 2.45) is 5.73 Å². The van der Waals surface area contributed by atoms with Crippen molar-refractivity contribution in [3.63, 3.8) is 0 Å². The highest BCUT2D eigenvalue weighted by atomic mass is 19.3. The standard InChI is InChI=1S/C8H5F2N3O2/c9-6(10)5-3(1-11)4(7(12)14)2-13-8(5)15/h2,6H,(H2,12,14)(H,13,15). The minimum absolute atomic E-state index is 0.424. The average Bonchev–Trinajstić information content (AvgIpc) is 2.15. The Morgan fingerprint density at radius 3 is 2.60 bits per heavy atom. The first-order valence-electron chi connectivity index (χ1n) is 3.72. The molecule has 0 saturated carbocycles. The van der Waals surface area contributed by atoms with Crippen LogP contribution in [0.2, 0.25) is 0 Å². The zero-order valence-electron chi connectivity index (χ0n) is 7.25. The monoisotopic (exact) mass is 213 g/mol. The molecule has 0 spiro atoms. The molecule has 0 unspecified atom stereocenters. The van der Waals surface area contributed by atoms with E-state index in [1.165, 1.54) is 6.07 Å². The average molecular weight is 213 g/mol. The van der Waals surface area contributed by atoms with Gasteiger partial charge in [0.2, 0.25) is 0 Å². The van der Waals surface area contributed by atoms with Gasteiger partial charge in [-0.3, -0.25) is 9.59 Å². The first-order chi connectivity index (χ1) is 6.99. The van der Waals surface area contributed by atoms with E-state index in [1.807, 2.05) is 4.98 Å². The number of amides is 1. The molecule has 0 atom stereocenters. The molecule has 0 radical (unpaired) electrons. The number of hydrogen-bond acceptors (Lipinski definition) is 3.